The number of esters is 2. The minimum Gasteiger partial charge on any atom is -0.461 e. The van der Waals surface area contributed by atoms with Crippen LogP contribution in [0.15, 0.2) is 18.2 Å². The van der Waals surface area contributed by atoms with Crippen molar-refractivity contribution < 1.29 is 19.1 Å². The molecule has 122 valence electrons. The van der Waals surface area contributed by atoms with E-state index < -0.39 is 0 Å². The van der Waals surface area contributed by atoms with Crippen LogP contribution in [0.1, 0.15) is 51.3 Å². The summed E-state index contributed by atoms with van der Waals surface area (Å²) in [5.74, 6) is -0.142. The zero-order valence-electron chi connectivity index (χ0n) is 14.1. The number of hydrogen-bond donors (Lipinski definition) is 0. The molecule has 0 atom stereocenters. The summed E-state index contributed by atoms with van der Waals surface area (Å²) in [7, 11) is 0. The van der Waals surface area contributed by atoms with Gasteiger partial charge in [0, 0.05) is 6.92 Å². The largest absolute Gasteiger partial charge is 0.461 e. The Balaban J connectivity index is 2.88. The summed E-state index contributed by atoms with van der Waals surface area (Å²) < 4.78 is 10.4. The average molecular weight is 306 g/mol. The van der Waals surface area contributed by atoms with Gasteiger partial charge in [-0.15, -0.1) is 0 Å². The third-order valence-electron chi connectivity index (χ3n) is 3.18. The summed E-state index contributed by atoms with van der Waals surface area (Å²) in [5, 5.41) is 0. The van der Waals surface area contributed by atoms with Crippen molar-refractivity contribution in [3.05, 3.63) is 34.9 Å². The van der Waals surface area contributed by atoms with Crippen molar-refractivity contribution in [3.8, 4) is 0 Å². The summed E-state index contributed by atoms with van der Waals surface area (Å²) in [6.45, 7) is 9.81. The molecule has 0 bridgehead atoms. The van der Waals surface area contributed by atoms with E-state index in [9.17, 15) is 9.59 Å². The van der Waals surface area contributed by atoms with Crippen LogP contribution in [0, 0.1) is 11.8 Å². The number of benzene rings is 1. The number of hydrogen-bond acceptors (Lipinski definition) is 4. The van der Waals surface area contributed by atoms with Gasteiger partial charge in [-0.05, 0) is 35.1 Å². The van der Waals surface area contributed by atoms with Gasteiger partial charge in [0.05, 0.1) is 5.92 Å². The van der Waals surface area contributed by atoms with E-state index in [1.807, 2.05) is 32.0 Å². The van der Waals surface area contributed by atoms with E-state index >= 15 is 0 Å². The Morgan fingerprint density at radius 2 is 1.68 bits per heavy atom. The molecule has 1 aromatic carbocycles. The second kappa shape index (κ2) is 8.57. The van der Waals surface area contributed by atoms with E-state index in [1.54, 1.807) is 0 Å². The van der Waals surface area contributed by atoms with Crippen molar-refractivity contribution in [1.82, 2.24) is 0 Å². The first-order chi connectivity index (χ1) is 10.3. The van der Waals surface area contributed by atoms with Crippen LogP contribution in [0.25, 0.3) is 0 Å². The fourth-order valence-electron chi connectivity index (χ4n) is 2.04. The number of carbonyl (C=O) groups excluding carboxylic acids is 2. The fraction of sp³-hybridized carbons (Fsp3) is 0.556. The lowest BCUT2D eigenvalue weighted by Gasteiger charge is -2.15. The van der Waals surface area contributed by atoms with Crippen molar-refractivity contribution in [2.45, 2.75) is 54.3 Å². The topological polar surface area (TPSA) is 52.6 Å². The van der Waals surface area contributed by atoms with Gasteiger partial charge in [-0.3, -0.25) is 9.59 Å². The van der Waals surface area contributed by atoms with Gasteiger partial charge in [0.2, 0.25) is 0 Å². The van der Waals surface area contributed by atoms with E-state index in [-0.39, 0.29) is 31.1 Å². The quantitative estimate of drug-likeness (QED) is 0.722. The lowest BCUT2D eigenvalue weighted by atomic mass is 9.96. The molecule has 22 heavy (non-hydrogen) atoms. The Hall–Kier alpha value is -1.84. The van der Waals surface area contributed by atoms with Crippen LogP contribution in [-0.4, -0.2) is 11.9 Å². The molecule has 0 aliphatic heterocycles. The Bertz CT molecular complexity index is 518. The molecule has 0 unspecified atom stereocenters. The van der Waals surface area contributed by atoms with Crippen LogP contribution in [0.2, 0.25) is 0 Å². The molecule has 1 aromatic rings. The van der Waals surface area contributed by atoms with Crippen LogP contribution in [0.3, 0.4) is 0 Å². The molecule has 0 heterocycles. The predicted molar refractivity (Wildman–Crippen MR) is 85.1 cm³/mol. The van der Waals surface area contributed by atoms with Crippen molar-refractivity contribution in [2.75, 3.05) is 0 Å². The minimum atomic E-state index is -0.306. The molecular formula is C18H26O4. The van der Waals surface area contributed by atoms with Crippen molar-refractivity contribution in [1.29, 1.82) is 0 Å². The second-order valence-corrected chi connectivity index (χ2v) is 6.24. The lowest BCUT2D eigenvalue weighted by Crippen LogP contribution is -2.13. The standard InChI is InChI=1S/C18H26O4/c1-12(2)8-16-7-6-15(10-21-14(5)19)9-17(16)11-22-18(20)13(3)4/h6-7,9,12-13H,8,10-11H2,1-5H3. The van der Waals surface area contributed by atoms with Crippen LogP contribution in [0.5, 0.6) is 0 Å². The summed E-state index contributed by atoms with van der Waals surface area (Å²) in [5.41, 5.74) is 3.05. The van der Waals surface area contributed by atoms with E-state index in [2.05, 4.69) is 13.8 Å². The van der Waals surface area contributed by atoms with Crippen molar-refractivity contribution >= 4 is 11.9 Å². The van der Waals surface area contributed by atoms with E-state index in [1.165, 1.54) is 6.92 Å². The first-order valence-electron chi connectivity index (χ1n) is 7.70. The maximum Gasteiger partial charge on any atom is 0.308 e. The minimum absolute atomic E-state index is 0.141. The Kier molecular flexibility index (Phi) is 7.09. The highest BCUT2D eigenvalue weighted by molar-refractivity contribution is 5.71. The molecule has 0 N–H and O–H groups in total. The molecular weight excluding hydrogens is 280 g/mol. The summed E-state index contributed by atoms with van der Waals surface area (Å²) >= 11 is 0. The van der Waals surface area contributed by atoms with Gasteiger partial charge in [0.1, 0.15) is 13.2 Å². The van der Waals surface area contributed by atoms with Gasteiger partial charge in [0.15, 0.2) is 0 Å². The average Bonchev–Trinajstić information content (AvgIpc) is 2.43. The second-order valence-electron chi connectivity index (χ2n) is 6.24. The number of carbonyl (C=O) groups is 2. The lowest BCUT2D eigenvalue weighted by molar-refractivity contribution is -0.148. The maximum atomic E-state index is 11.7. The molecule has 0 radical (unpaired) electrons. The van der Waals surface area contributed by atoms with Gasteiger partial charge in [-0.2, -0.15) is 0 Å². The molecule has 0 saturated carbocycles. The smallest absolute Gasteiger partial charge is 0.308 e. The molecule has 1 rings (SSSR count). The van der Waals surface area contributed by atoms with Gasteiger partial charge in [-0.1, -0.05) is 39.8 Å². The van der Waals surface area contributed by atoms with E-state index in [0.717, 1.165) is 23.1 Å². The molecule has 0 saturated heterocycles. The molecule has 0 fully saturated rings. The van der Waals surface area contributed by atoms with Crippen LogP contribution < -0.4 is 0 Å². The van der Waals surface area contributed by atoms with Crippen LogP contribution in [-0.2, 0) is 38.7 Å². The molecule has 0 aliphatic carbocycles. The highest BCUT2D eigenvalue weighted by Crippen LogP contribution is 2.18. The van der Waals surface area contributed by atoms with Gasteiger partial charge < -0.3 is 9.47 Å². The third-order valence-corrected chi connectivity index (χ3v) is 3.18. The van der Waals surface area contributed by atoms with Crippen molar-refractivity contribution in [2.24, 2.45) is 11.8 Å². The fourth-order valence-corrected chi connectivity index (χ4v) is 2.04. The molecule has 0 aliphatic rings. The van der Waals surface area contributed by atoms with E-state index in [4.69, 9.17) is 9.47 Å². The highest BCUT2D eigenvalue weighted by atomic mass is 16.5. The first-order valence-corrected chi connectivity index (χ1v) is 7.70. The number of ether oxygens (including phenoxy) is 2. The summed E-state index contributed by atoms with van der Waals surface area (Å²) in [6.07, 6.45) is 0.919. The maximum absolute atomic E-state index is 11.7. The third kappa shape index (κ3) is 6.29. The SMILES string of the molecule is CC(=O)OCc1ccc(CC(C)C)c(COC(=O)C(C)C)c1. The first kappa shape index (κ1) is 18.2. The predicted octanol–water partition coefficient (Wildman–Crippen LogP) is 3.65. The molecule has 4 heteroatoms. The number of rotatable bonds is 7. The normalized spacial score (nSPS) is 10.9. The van der Waals surface area contributed by atoms with Crippen LogP contribution >= 0.6 is 0 Å². The van der Waals surface area contributed by atoms with Gasteiger partial charge in [0.25, 0.3) is 0 Å². The Labute approximate surface area is 132 Å². The zero-order valence-corrected chi connectivity index (χ0v) is 14.1. The molecule has 0 aromatic heterocycles. The van der Waals surface area contributed by atoms with Gasteiger partial charge >= 0.3 is 11.9 Å². The van der Waals surface area contributed by atoms with Crippen molar-refractivity contribution in [3.63, 3.8) is 0 Å². The highest BCUT2D eigenvalue weighted by Gasteiger charge is 2.12. The Morgan fingerprint density at radius 3 is 2.23 bits per heavy atom. The summed E-state index contributed by atoms with van der Waals surface area (Å²) in [4.78, 5) is 22.6. The van der Waals surface area contributed by atoms with Crippen LogP contribution in [0.4, 0.5) is 0 Å². The Morgan fingerprint density at radius 1 is 1.00 bits per heavy atom. The molecule has 0 amide bonds. The van der Waals surface area contributed by atoms with Gasteiger partial charge in [-0.25, -0.2) is 0 Å². The monoisotopic (exact) mass is 306 g/mol. The zero-order chi connectivity index (χ0) is 16.7. The molecule has 0 spiro atoms. The van der Waals surface area contributed by atoms with E-state index in [0.29, 0.717) is 5.92 Å². The summed E-state index contributed by atoms with van der Waals surface area (Å²) in [6, 6.07) is 5.93. The molecule has 4 nitrogen and oxygen atoms in total.